The molecule has 0 aromatic heterocycles. The van der Waals surface area contributed by atoms with Gasteiger partial charge in [-0.05, 0) is 56.3 Å². The van der Waals surface area contributed by atoms with Gasteiger partial charge >= 0.3 is 0 Å². The SMILES string of the molecule is NCC1CCC(C(=O)Nc2cccc(C(N)=O)c2)CC1. The minimum absolute atomic E-state index is 0.0158. The molecule has 0 bridgehead atoms. The van der Waals surface area contributed by atoms with E-state index in [1.165, 1.54) is 0 Å². The number of hydrogen-bond acceptors (Lipinski definition) is 3. The number of hydrogen-bond donors (Lipinski definition) is 3. The molecule has 0 radical (unpaired) electrons. The summed E-state index contributed by atoms with van der Waals surface area (Å²) in [5.74, 6) is 0.110. The van der Waals surface area contributed by atoms with Gasteiger partial charge in [0.15, 0.2) is 0 Å². The maximum absolute atomic E-state index is 12.2. The Morgan fingerprint density at radius 3 is 2.50 bits per heavy atom. The van der Waals surface area contributed by atoms with E-state index >= 15 is 0 Å². The fraction of sp³-hybridized carbons (Fsp3) is 0.467. The van der Waals surface area contributed by atoms with Crippen LogP contribution >= 0.6 is 0 Å². The number of benzene rings is 1. The second-order valence-electron chi connectivity index (χ2n) is 5.39. The molecule has 20 heavy (non-hydrogen) atoms. The summed E-state index contributed by atoms with van der Waals surface area (Å²) in [5, 5.41) is 2.86. The zero-order valence-corrected chi connectivity index (χ0v) is 11.5. The molecule has 2 rings (SSSR count). The molecule has 0 spiro atoms. The second-order valence-corrected chi connectivity index (χ2v) is 5.39. The van der Waals surface area contributed by atoms with Crippen molar-refractivity contribution in [3.63, 3.8) is 0 Å². The highest BCUT2D eigenvalue weighted by molar-refractivity contribution is 5.96. The van der Waals surface area contributed by atoms with E-state index in [0.717, 1.165) is 25.7 Å². The van der Waals surface area contributed by atoms with Crippen LogP contribution in [0.1, 0.15) is 36.0 Å². The molecular weight excluding hydrogens is 254 g/mol. The summed E-state index contributed by atoms with van der Waals surface area (Å²) in [6, 6.07) is 6.70. The normalized spacial score (nSPS) is 22.2. The van der Waals surface area contributed by atoms with Crippen molar-refractivity contribution in [2.45, 2.75) is 25.7 Å². The van der Waals surface area contributed by atoms with E-state index in [2.05, 4.69) is 5.32 Å². The Balaban J connectivity index is 1.95. The Bertz CT molecular complexity index is 494. The van der Waals surface area contributed by atoms with E-state index in [1.807, 2.05) is 0 Å². The summed E-state index contributed by atoms with van der Waals surface area (Å²) >= 11 is 0. The van der Waals surface area contributed by atoms with Crippen molar-refractivity contribution < 1.29 is 9.59 Å². The summed E-state index contributed by atoms with van der Waals surface area (Å²) in [5.41, 5.74) is 11.9. The molecule has 5 N–H and O–H groups in total. The van der Waals surface area contributed by atoms with Gasteiger partial charge in [-0.25, -0.2) is 0 Å². The number of carbonyl (C=O) groups is 2. The van der Waals surface area contributed by atoms with Crippen LogP contribution in [-0.4, -0.2) is 18.4 Å². The second kappa shape index (κ2) is 6.52. The highest BCUT2D eigenvalue weighted by atomic mass is 16.2. The number of amides is 2. The lowest BCUT2D eigenvalue weighted by molar-refractivity contribution is -0.121. The van der Waals surface area contributed by atoms with Crippen LogP contribution in [0.5, 0.6) is 0 Å². The van der Waals surface area contributed by atoms with Crippen LogP contribution < -0.4 is 16.8 Å². The summed E-state index contributed by atoms with van der Waals surface area (Å²) in [6.45, 7) is 0.703. The lowest BCUT2D eigenvalue weighted by Crippen LogP contribution is -2.29. The maximum atomic E-state index is 12.2. The standard InChI is InChI=1S/C15H21N3O2/c16-9-10-4-6-11(7-5-10)15(20)18-13-3-1-2-12(8-13)14(17)19/h1-3,8,10-11H,4-7,9,16H2,(H2,17,19)(H,18,20). The third-order valence-corrected chi connectivity index (χ3v) is 3.97. The van der Waals surface area contributed by atoms with Gasteiger partial charge < -0.3 is 16.8 Å². The highest BCUT2D eigenvalue weighted by Crippen LogP contribution is 2.29. The van der Waals surface area contributed by atoms with Crippen LogP contribution in [0.25, 0.3) is 0 Å². The van der Waals surface area contributed by atoms with Crippen LogP contribution in [0.2, 0.25) is 0 Å². The third-order valence-electron chi connectivity index (χ3n) is 3.97. The van der Waals surface area contributed by atoms with Crippen molar-refractivity contribution in [1.82, 2.24) is 0 Å². The predicted octanol–water partition coefficient (Wildman–Crippen LogP) is 1.49. The number of rotatable bonds is 4. The van der Waals surface area contributed by atoms with Crippen LogP contribution in [0, 0.1) is 11.8 Å². The van der Waals surface area contributed by atoms with Crippen molar-refractivity contribution >= 4 is 17.5 Å². The topological polar surface area (TPSA) is 98.2 Å². The molecule has 1 aliphatic carbocycles. The first-order chi connectivity index (χ1) is 9.60. The van der Waals surface area contributed by atoms with Gasteiger partial charge in [-0.15, -0.1) is 0 Å². The molecule has 0 unspecified atom stereocenters. The first-order valence-corrected chi connectivity index (χ1v) is 7.01. The molecule has 0 saturated heterocycles. The average Bonchev–Trinajstić information content (AvgIpc) is 2.47. The highest BCUT2D eigenvalue weighted by Gasteiger charge is 2.25. The van der Waals surface area contributed by atoms with E-state index < -0.39 is 5.91 Å². The first-order valence-electron chi connectivity index (χ1n) is 7.01. The number of nitrogens with two attached hydrogens (primary N) is 2. The molecule has 5 heteroatoms. The van der Waals surface area contributed by atoms with E-state index in [4.69, 9.17) is 11.5 Å². The van der Waals surface area contributed by atoms with E-state index in [-0.39, 0.29) is 11.8 Å². The van der Waals surface area contributed by atoms with E-state index in [0.29, 0.717) is 23.7 Å². The fourth-order valence-corrected chi connectivity index (χ4v) is 2.65. The number of anilines is 1. The monoisotopic (exact) mass is 275 g/mol. The molecule has 0 atom stereocenters. The van der Waals surface area contributed by atoms with Crippen LogP contribution in [0.4, 0.5) is 5.69 Å². The molecule has 1 aromatic rings. The smallest absolute Gasteiger partial charge is 0.248 e. The van der Waals surface area contributed by atoms with Crippen molar-refractivity contribution in [3.05, 3.63) is 29.8 Å². The lowest BCUT2D eigenvalue weighted by atomic mass is 9.81. The molecule has 5 nitrogen and oxygen atoms in total. The Kier molecular flexibility index (Phi) is 4.74. The minimum Gasteiger partial charge on any atom is -0.366 e. The Hall–Kier alpha value is -1.88. The van der Waals surface area contributed by atoms with Gasteiger partial charge in [0.25, 0.3) is 0 Å². The van der Waals surface area contributed by atoms with Gasteiger partial charge in [-0.1, -0.05) is 6.07 Å². The molecule has 1 saturated carbocycles. The van der Waals surface area contributed by atoms with Crippen molar-refractivity contribution in [3.8, 4) is 0 Å². The molecule has 1 aromatic carbocycles. The molecule has 1 aliphatic rings. The zero-order chi connectivity index (χ0) is 14.5. The van der Waals surface area contributed by atoms with Gasteiger partial charge in [-0.3, -0.25) is 9.59 Å². The van der Waals surface area contributed by atoms with Crippen LogP contribution in [0.3, 0.4) is 0 Å². The van der Waals surface area contributed by atoms with Gasteiger partial charge in [0.05, 0.1) is 0 Å². The maximum Gasteiger partial charge on any atom is 0.248 e. The molecule has 1 fully saturated rings. The van der Waals surface area contributed by atoms with Crippen molar-refractivity contribution in [1.29, 1.82) is 0 Å². The van der Waals surface area contributed by atoms with Crippen LogP contribution in [-0.2, 0) is 4.79 Å². The molecule has 2 amide bonds. The van der Waals surface area contributed by atoms with E-state index in [1.54, 1.807) is 24.3 Å². The number of carbonyl (C=O) groups excluding carboxylic acids is 2. The van der Waals surface area contributed by atoms with Gasteiger partial charge in [0, 0.05) is 17.2 Å². The van der Waals surface area contributed by atoms with Crippen molar-refractivity contribution in [2.24, 2.45) is 23.3 Å². The lowest BCUT2D eigenvalue weighted by Gasteiger charge is -2.26. The average molecular weight is 275 g/mol. The number of primary amides is 1. The molecule has 0 aliphatic heterocycles. The minimum atomic E-state index is -0.496. The molecule has 108 valence electrons. The summed E-state index contributed by atoms with van der Waals surface area (Å²) in [4.78, 5) is 23.3. The first kappa shape index (κ1) is 14.5. The predicted molar refractivity (Wildman–Crippen MR) is 78.1 cm³/mol. The largest absolute Gasteiger partial charge is 0.366 e. The zero-order valence-electron chi connectivity index (χ0n) is 11.5. The van der Waals surface area contributed by atoms with Crippen molar-refractivity contribution in [2.75, 3.05) is 11.9 Å². The van der Waals surface area contributed by atoms with Gasteiger partial charge in [-0.2, -0.15) is 0 Å². The van der Waals surface area contributed by atoms with Crippen LogP contribution in [0.15, 0.2) is 24.3 Å². The quantitative estimate of drug-likeness (QED) is 0.776. The third kappa shape index (κ3) is 3.57. The summed E-state index contributed by atoms with van der Waals surface area (Å²) in [7, 11) is 0. The van der Waals surface area contributed by atoms with Gasteiger partial charge in [0.1, 0.15) is 0 Å². The molecular formula is C15H21N3O2. The molecule has 0 heterocycles. The fourth-order valence-electron chi connectivity index (χ4n) is 2.65. The Morgan fingerprint density at radius 2 is 1.90 bits per heavy atom. The van der Waals surface area contributed by atoms with Gasteiger partial charge in [0.2, 0.25) is 11.8 Å². The Morgan fingerprint density at radius 1 is 1.20 bits per heavy atom. The Labute approximate surface area is 118 Å². The van der Waals surface area contributed by atoms with E-state index in [9.17, 15) is 9.59 Å². The number of nitrogens with one attached hydrogen (secondary N) is 1. The summed E-state index contributed by atoms with van der Waals surface area (Å²) in [6.07, 6.45) is 3.78. The summed E-state index contributed by atoms with van der Waals surface area (Å²) < 4.78 is 0.